The highest BCUT2D eigenvalue weighted by Crippen LogP contribution is 2.43. The number of nitrogens with zero attached hydrogens (tertiary/aromatic N) is 3. The molecule has 1 aliphatic rings. The van der Waals surface area contributed by atoms with Crippen LogP contribution in [0.25, 0.3) is 0 Å². The Balaban J connectivity index is 2.09. The van der Waals surface area contributed by atoms with Gasteiger partial charge in [-0.05, 0) is 85.5 Å². The van der Waals surface area contributed by atoms with Crippen molar-refractivity contribution in [2.45, 2.75) is 106 Å². The first-order valence-corrected chi connectivity index (χ1v) is 17.9. The van der Waals surface area contributed by atoms with E-state index in [9.17, 15) is 14.4 Å². The maximum Gasteiger partial charge on any atom is 0.305 e. The van der Waals surface area contributed by atoms with Crippen LogP contribution in [0.1, 0.15) is 121 Å². The first-order valence-electron chi connectivity index (χ1n) is 17.1. The Labute approximate surface area is 297 Å². The van der Waals surface area contributed by atoms with E-state index in [2.05, 4.69) is 65.6 Å². The highest BCUT2D eigenvalue weighted by molar-refractivity contribution is 6.47. The van der Waals surface area contributed by atoms with Crippen LogP contribution in [0.5, 0.6) is 0 Å². The van der Waals surface area contributed by atoms with Crippen LogP contribution in [-0.2, 0) is 9.59 Å². The van der Waals surface area contributed by atoms with Crippen molar-refractivity contribution in [1.29, 1.82) is 0 Å². The van der Waals surface area contributed by atoms with Crippen LogP contribution in [0.3, 0.4) is 0 Å². The minimum absolute atomic E-state index is 0.00992. The van der Waals surface area contributed by atoms with E-state index >= 15 is 0 Å². The summed E-state index contributed by atoms with van der Waals surface area (Å²) in [5, 5.41) is 12.5. The zero-order chi connectivity index (χ0) is 35.9. The Bertz CT molecular complexity index is 1440. The lowest BCUT2D eigenvalue weighted by molar-refractivity contribution is -0.137. The van der Waals surface area contributed by atoms with Gasteiger partial charge in [0, 0.05) is 40.7 Å². The van der Waals surface area contributed by atoms with E-state index in [1.54, 1.807) is 30.3 Å². The normalized spacial score (nSPS) is 17.5. The smallest absolute Gasteiger partial charge is 0.305 e. The fraction of sp³-hybridized carbons (Fsp3) is 0.579. The van der Waals surface area contributed by atoms with Crippen LogP contribution in [0, 0.1) is 10.8 Å². The minimum Gasteiger partial charge on any atom is -0.481 e. The summed E-state index contributed by atoms with van der Waals surface area (Å²) in [6.07, 6.45) is 3.72. The summed E-state index contributed by atoms with van der Waals surface area (Å²) < 4.78 is 0. The number of aliphatic carboxylic acids is 1. The molecular formula is C38H54Cl2N4O4. The van der Waals surface area contributed by atoms with Gasteiger partial charge in [0.15, 0.2) is 0 Å². The topological polar surface area (TPSA) is 102 Å². The number of carbonyl (C=O) groups excluding carboxylic acids is 2. The second-order valence-corrected chi connectivity index (χ2v) is 16.1. The zero-order valence-electron chi connectivity index (χ0n) is 30.0. The minimum atomic E-state index is -0.972. The average Bonchev–Trinajstić information content (AvgIpc) is 3.28. The largest absolute Gasteiger partial charge is 0.481 e. The molecule has 2 aromatic rings. The predicted octanol–water partition coefficient (Wildman–Crippen LogP) is 8.65. The molecule has 0 spiro atoms. The van der Waals surface area contributed by atoms with E-state index in [-0.39, 0.29) is 41.7 Å². The second kappa shape index (κ2) is 16.6. The molecule has 0 bridgehead atoms. The van der Waals surface area contributed by atoms with Gasteiger partial charge in [-0.15, -0.1) is 0 Å². The van der Waals surface area contributed by atoms with Gasteiger partial charge in [-0.3, -0.25) is 19.4 Å². The number of carbonyl (C=O) groups is 3. The monoisotopic (exact) mass is 700 g/mol. The van der Waals surface area contributed by atoms with E-state index in [4.69, 9.17) is 33.3 Å². The molecule has 48 heavy (non-hydrogen) atoms. The molecular weight excluding hydrogens is 647 g/mol. The van der Waals surface area contributed by atoms with Crippen LogP contribution >= 0.6 is 23.2 Å². The average molecular weight is 702 g/mol. The summed E-state index contributed by atoms with van der Waals surface area (Å²) in [7, 11) is 0. The van der Waals surface area contributed by atoms with Gasteiger partial charge in [0.05, 0.1) is 12.5 Å². The van der Waals surface area contributed by atoms with Gasteiger partial charge in [0.2, 0.25) is 0 Å². The third-order valence-corrected chi connectivity index (χ3v) is 9.44. The summed E-state index contributed by atoms with van der Waals surface area (Å²) in [4.78, 5) is 48.1. The molecule has 1 heterocycles. The van der Waals surface area contributed by atoms with E-state index in [1.165, 1.54) is 0 Å². The Kier molecular flexibility index (Phi) is 13.7. The molecule has 0 aliphatic carbocycles. The number of halogens is 2. The number of carboxylic acid groups (broad SMARTS) is 1. The van der Waals surface area contributed by atoms with E-state index in [0.29, 0.717) is 46.1 Å². The Morgan fingerprint density at radius 1 is 0.958 bits per heavy atom. The lowest BCUT2D eigenvalue weighted by atomic mass is 9.85. The van der Waals surface area contributed by atoms with Gasteiger partial charge < -0.3 is 20.2 Å². The van der Waals surface area contributed by atoms with Gasteiger partial charge >= 0.3 is 5.97 Å². The van der Waals surface area contributed by atoms with Gasteiger partial charge in [-0.2, -0.15) is 0 Å². The second-order valence-electron chi connectivity index (χ2n) is 15.3. The van der Waals surface area contributed by atoms with Gasteiger partial charge in [0.1, 0.15) is 11.4 Å². The first kappa shape index (κ1) is 39.5. The van der Waals surface area contributed by atoms with E-state index < -0.39 is 11.6 Å². The highest BCUT2D eigenvalue weighted by atomic mass is 35.5. The molecule has 8 nitrogen and oxygen atoms in total. The van der Waals surface area contributed by atoms with E-state index in [1.807, 2.05) is 17.0 Å². The molecule has 2 N–H and O–H groups in total. The Hall–Kier alpha value is -2.94. The van der Waals surface area contributed by atoms with Gasteiger partial charge in [-0.1, -0.05) is 90.7 Å². The lowest BCUT2D eigenvalue weighted by Gasteiger charge is -2.43. The standard InChI is InChI=1S/C38H54Cl2N4O4/c1-9-38(19-22-43(10-2)21-18-37(6,7)8)42-33(28-23-29(39)25-30(40)24-28)35(48)44(38)31(15-17-36(3,4)5)26-11-13-27(14-12-26)34(47)41-20-16-32(45)46/h11-14,23-25,31H,9-10,15-22H2,1-8H3,(H,41,47)(H,45,46). The predicted molar refractivity (Wildman–Crippen MR) is 196 cm³/mol. The first-order chi connectivity index (χ1) is 22.4. The summed E-state index contributed by atoms with van der Waals surface area (Å²) in [6, 6.07) is 12.1. The number of hydrogen-bond acceptors (Lipinski definition) is 5. The van der Waals surface area contributed by atoms with Crippen LogP contribution in [0.15, 0.2) is 47.5 Å². The van der Waals surface area contributed by atoms with Crippen LogP contribution < -0.4 is 5.32 Å². The third-order valence-electron chi connectivity index (χ3n) is 9.01. The molecule has 264 valence electrons. The summed E-state index contributed by atoms with van der Waals surface area (Å²) in [5.41, 5.74) is 1.70. The van der Waals surface area contributed by atoms with Gasteiger partial charge in [0.25, 0.3) is 11.8 Å². The zero-order valence-corrected chi connectivity index (χ0v) is 31.5. The molecule has 0 fully saturated rings. The molecule has 0 aromatic heterocycles. The van der Waals surface area contributed by atoms with Crippen molar-refractivity contribution in [3.8, 4) is 0 Å². The van der Waals surface area contributed by atoms with Crippen molar-refractivity contribution < 1.29 is 19.5 Å². The molecule has 3 rings (SSSR count). The summed E-state index contributed by atoms with van der Waals surface area (Å²) in [5.74, 6) is -1.48. The summed E-state index contributed by atoms with van der Waals surface area (Å²) in [6.45, 7) is 20.3. The Morgan fingerprint density at radius 3 is 2.08 bits per heavy atom. The van der Waals surface area contributed by atoms with Crippen LogP contribution in [0.4, 0.5) is 0 Å². The van der Waals surface area contributed by atoms with Crippen LogP contribution in [0.2, 0.25) is 10.0 Å². The number of amides is 2. The van der Waals surface area contributed by atoms with Gasteiger partial charge in [-0.25, -0.2) is 0 Å². The molecule has 2 amide bonds. The van der Waals surface area contributed by atoms with Crippen molar-refractivity contribution in [3.05, 3.63) is 69.2 Å². The lowest BCUT2D eigenvalue weighted by Crippen LogP contribution is -2.50. The SMILES string of the molecule is CCN(CCC(C)(C)C)CCC1(CC)N=C(c2cc(Cl)cc(Cl)c2)C(=O)N1C(CCC(C)(C)C)c1ccc(C(=O)NCCC(=O)O)cc1. The highest BCUT2D eigenvalue weighted by Gasteiger charge is 2.49. The molecule has 10 heteroatoms. The molecule has 0 radical (unpaired) electrons. The number of nitrogens with one attached hydrogen (secondary N) is 1. The molecule has 0 saturated heterocycles. The maximum absolute atomic E-state index is 14.7. The Morgan fingerprint density at radius 2 is 1.56 bits per heavy atom. The van der Waals surface area contributed by atoms with Crippen molar-refractivity contribution in [3.63, 3.8) is 0 Å². The quantitative estimate of drug-likeness (QED) is 0.183. The number of benzene rings is 2. The fourth-order valence-electron chi connectivity index (χ4n) is 6.04. The van der Waals surface area contributed by atoms with Crippen molar-refractivity contribution in [1.82, 2.24) is 15.1 Å². The molecule has 2 unspecified atom stereocenters. The molecule has 0 saturated carbocycles. The maximum atomic E-state index is 14.7. The van der Waals surface area contributed by atoms with Crippen LogP contribution in [-0.4, -0.2) is 70.2 Å². The number of carboxylic acids is 1. The molecule has 2 aromatic carbocycles. The third kappa shape index (κ3) is 11.0. The van der Waals surface area contributed by atoms with Crippen molar-refractivity contribution >= 4 is 46.7 Å². The molecule has 1 aliphatic heterocycles. The summed E-state index contributed by atoms with van der Waals surface area (Å²) >= 11 is 12.8. The fourth-order valence-corrected chi connectivity index (χ4v) is 6.57. The van der Waals surface area contributed by atoms with Crippen molar-refractivity contribution in [2.75, 3.05) is 26.2 Å². The number of hydrogen-bond donors (Lipinski definition) is 2. The number of rotatable bonds is 16. The van der Waals surface area contributed by atoms with Crippen molar-refractivity contribution in [2.24, 2.45) is 15.8 Å². The van der Waals surface area contributed by atoms with E-state index in [0.717, 1.165) is 38.0 Å². The number of aliphatic imine (C=N–C) groups is 1. The molecule has 2 atom stereocenters.